The molecule has 1 saturated carbocycles. The van der Waals surface area contributed by atoms with Crippen LogP contribution in [0.3, 0.4) is 0 Å². The van der Waals surface area contributed by atoms with E-state index >= 15 is 0 Å². The van der Waals surface area contributed by atoms with E-state index in [2.05, 4.69) is 51.3 Å². The molecule has 1 N–H and O–H groups in total. The van der Waals surface area contributed by atoms with E-state index in [9.17, 15) is 0 Å². The molecule has 16 heavy (non-hydrogen) atoms. The van der Waals surface area contributed by atoms with Crippen LogP contribution in [0.1, 0.15) is 36.5 Å². The number of benzene rings is 1. The van der Waals surface area contributed by atoms with Crippen molar-refractivity contribution >= 4 is 0 Å². The van der Waals surface area contributed by atoms with E-state index < -0.39 is 0 Å². The van der Waals surface area contributed by atoms with Gasteiger partial charge in [0.2, 0.25) is 0 Å². The lowest BCUT2D eigenvalue weighted by atomic mass is 9.90. The van der Waals surface area contributed by atoms with Crippen LogP contribution in [0.25, 0.3) is 0 Å². The third-order valence-electron chi connectivity index (χ3n) is 4.01. The van der Waals surface area contributed by atoms with Gasteiger partial charge in [0.25, 0.3) is 0 Å². The lowest BCUT2D eigenvalue weighted by Crippen LogP contribution is -2.26. The van der Waals surface area contributed by atoms with Gasteiger partial charge in [-0.2, -0.15) is 0 Å². The molecule has 0 saturated heterocycles. The van der Waals surface area contributed by atoms with E-state index in [-0.39, 0.29) is 0 Å². The van der Waals surface area contributed by atoms with Crippen LogP contribution in [0.5, 0.6) is 0 Å². The highest BCUT2D eigenvalue weighted by atomic mass is 14.9. The molecule has 2 unspecified atom stereocenters. The van der Waals surface area contributed by atoms with Crippen molar-refractivity contribution in [1.29, 1.82) is 0 Å². The predicted molar refractivity (Wildman–Crippen MR) is 69.9 cm³/mol. The molecule has 1 heteroatoms. The van der Waals surface area contributed by atoms with Crippen molar-refractivity contribution in [2.45, 2.75) is 39.0 Å². The van der Waals surface area contributed by atoms with Crippen LogP contribution in [0.4, 0.5) is 0 Å². The normalized spacial score (nSPS) is 28.1. The Morgan fingerprint density at radius 1 is 1.25 bits per heavy atom. The molecule has 1 fully saturated rings. The van der Waals surface area contributed by atoms with E-state index in [1.807, 2.05) is 0 Å². The Morgan fingerprint density at radius 2 is 1.88 bits per heavy atom. The number of likely N-dealkylation sites (N-methyl/N-ethyl adjacent to an activating group) is 1. The Bertz CT molecular complexity index is 363. The smallest absolute Gasteiger partial charge is 0.0109 e. The monoisotopic (exact) mass is 217 g/mol. The molecule has 1 aromatic rings. The number of rotatable bonds is 4. The molecule has 1 aliphatic rings. The van der Waals surface area contributed by atoms with Crippen LogP contribution in [-0.2, 0) is 5.41 Å². The maximum absolute atomic E-state index is 3.37. The summed E-state index contributed by atoms with van der Waals surface area (Å²) in [6.45, 7) is 7.83. The van der Waals surface area contributed by atoms with Crippen LogP contribution in [0.2, 0.25) is 0 Å². The minimum atomic E-state index is 0.431. The van der Waals surface area contributed by atoms with Crippen LogP contribution in [-0.4, -0.2) is 13.6 Å². The molecule has 2 atom stereocenters. The Balaban J connectivity index is 2.34. The number of aryl methyl sites for hydroxylation is 2. The summed E-state index contributed by atoms with van der Waals surface area (Å²) in [5.74, 6) is 0.876. The van der Waals surface area contributed by atoms with Gasteiger partial charge in [0.1, 0.15) is 0 Å². The molecule has 0 amide bonds. The SMILES string of the molecule is CCC1CC1(CNC)c1cc(C)cc(C)c1. The van der Waals surface area contributed by atoms with Gasteiger partial charge in [0, 0.05) is 12.0 Å². The average Bonchev–Trinajstić information content (AvgIpc) is 2.92. The van der Waals surface area contributed by atoms with Crippen LogP contribution < -0.4 is 5.32 Å². The van der Waals surface area contributed by atoms with Crippen molar-refractivity contribution in [3.8, 4) is 0 Å². The summed E-state index contributed by atoms with van der Waals surface area (Å²) in [7, 11) is 2.06. The first-order chi connectivity index (χ1) is 7.62. The second-order valence-corrected chi connectivity index (χ2v) is 5.37. The van der Waals surface area contributed by atoms with Gasteiger partial charge in [-0.1, -0.05) is 42.7 Å². The van der Waals surface area contributed by atoms with Gasteiger partial charge in [-0.15, -0.1) is 0 Å². The van der Waals surface area contributed by atoms with Crippen molar-refractivity contribution in [2.24, 2.45) is 5.92 Å². The number of hydrogen-bond acceptors (Lipinski definition) is 1. The van der Waals surface area contributed by atoms with Crippen molar-refractivity contribution in [3.63, 3.8) is 0 Å². The summed E-state index contributed by atoms with van der Waals surface area (Å²) >= 11 is 0. The third-order valence-corrected chi connectivity index (χ3v) is 4.01. The minimum Gasteiger partial charge on any atom is -0.319 e. The van der Waals surface area contributed by atoms with E-state index in [1.165, 1.54) is 24.0 Å². The molecule has 0 aliphatic heterocycles. The summed E-state index contributed by atoms with van der Waals surface area (Å²) in [6, 6.07) is 7.01. The van der Waals surface area contributed by atoms with Gasteiger partial charge in [-0.05, 0) is 38.8 Å². The molecule has 0 bridgehead atoms. The molecule has 0 radical (unpaired) electrons. The predicted octanol–water partition coefficient (Wildman–Crippen LogP) is 3.19. The van der Waals surface area contributed by atoms with Gasteiger partial charge >= 0.3 is 0 Å². The fraction of sp³-hybridized carbons (Fsp3) is 0.600. The zero-order chi connectivity index (χ0) is 11.8. The standard InChI is InChI=1S/C15H23N/c1-5-13-9-15(13,10-16-4)14-7-11(2)6-12(3)8-14/h6-8,13,16H,5,9-10H2,1-4H3. The summed E-state index contributed by atoms with van der Waals surface area (Å²) in [5.41, 5.74) is 4.77. The second kappa shape index (κ2) is 4.21. The first kappa shape index (κ1) is 11.7. The molecule has 1 aliphatic carbocycles. The van der Waals surface area contributed by atoms with Gasteiger partial charge < -0.3 is 5.32 Å². The largest absolute Gasteiger partial charge is 0.319 e. The molecule has 2 rings (SSSR count). The highest BCUT2D eigenvalue weighted by Gasteiger charge is 2.53. The first-order valence-corrected chi connectivity index (χ1v) is 6.35. The van der Waals surface area contributed by atoms with Crippen molar-refractivity contribution in [2.75, 3.05) is 13.6 Å². The quantitative estimate of drug-likeness (QED) is 0.816. The third kappa shape index (κ3) is 1.89. The molecular formula is C15H23N. The maximum Gasteiger partial charge on any atom is 0.0109 e. The van der Waals surface area contributed by atoms with E-state index in [0.717, 1.165) is 12.5 Å². The zero-order valence-corrected chi connectivity index (χ0v) is 10.9. The van der Waals surface area contributed by atoms with Crippen LogP contribution in [0, 0.1) is 19.8 Å². The summed E-state index contributed by atoms with van der Waals surface area (Å²) in [5, 5.41) is 3.37. The molecule has 0 spiro atoms. The van der Waals surface area contributed by atoms with Crippen LogP contribution >= 0.6 is 0 Å². The molecule has 1 aromatic carbocycles. The number of hydrogen-bond donors (Lipinski definition) is 1. The Hall–Kier alpha value is -0.820. The van der Waals surface area contributed by atoms with Gasteiger partial charge in [-0.3, -0.25) is 0 Å². The molecule has 88 valence electrons. The van der Waals surface area contributed by atoms with Gasteiger partial charge in [-0.25, -0.2) is 0 Å². The highest BCUT2D eigenvalue weighted by Crippen LogP contribution is 2.55. The van der Waals surface area contributed by atoms with E-state index in [0.29, 0.717) is 5.41 Å². The Morgan fingerprint density at radius 3 is 2.31 bits per heavy atom. The number of nitrogens with one attached hydrogen (secondary N) is 1. The Labute approximate surface area is 99.3 Å². The van der Waals surface area contributed by atoms with Gasteiger partial charge in [0.15, 0.2) is 0 Å². The first-order valence-electron chi connectivity index (χ1n) is 6.35. The minimum absolute atomic E-state index is 0.431. The molecule has 0 aromatic heterocycles. The lowest BCUT2D eigenvalue weighted by Gasteiger charge is -2.19. The summed E-state index contributed by atoms with van der Waals surface area (Å²) < 4.78 is 0. The maximum atomic E-state index is 3.37. The molecular weight excluding hydrogens is 194 g/mol. The highest BCUT2D eigenvalue weighted by molar-refractivity contribution is 5.39. The second-order valence-electron chi connectivity index (χ2n) is 5.37. The fourth-order valence-electron chi connectivity index (χ4n) is 3.17. The molecule has 0 heterocycles. The van der Waals surface area contributed by atoms with E-state index in [1.54, 1.807) is 5.56 Å². The molecule has 1 nitrogen and oxygen atoms in total. The summed E-state index contributed by atoms with van der Waals surface area (Å²) in [6.07, 6.45) is 2.65. The van der Waals surface area contributed by atoms with Gasteiger partial charge in [0.05, 0.1) is 0 Å². The van der Waals surface area contributed by atoms with Crippen LogP contribution in [0.15, 0.2) is 18.2 Å². The topological polar surface area (TPSA) is 12.0 Å². The van der Waals surface area contributed by atoms with Crippen molar-refractivity contribution in [3.05, 3.63) is 34.9 Å². The summed E-state index contributed by atoms with van der Waals surface area (Å²) in [4.78, 5) is 0. The average molecular weight is 217 g/mol. The van der Waals surface area contributed by atoms with E-state index in [4.69, 9.17) is 0 Å². The Kier molecular flexibility index (Phi) is 3.07. The fourth-order valence-corrected chi connectivity index (χ4v) is 3.17. The zero-order valence-electron chi connectivity index (χ0n) is 10.9. The lowest BCUT2D eigenvalue weighted by molar-refractivity contribution is 0.553. The van der Waals surface area contributed by atoms with Crippen molar-refractivity contribution in [1.82, 2.24) is 5.32 Å². The van der Waals surface area contributed by atoms with Crippen molar-refractivity contribution < 1.29 is 0 Å².